The molecular formula is C12H14ClNO2. The molecule has 16 heavy (non-hydrogen) atoms. The molecular weight excluding hydrogens is 226 g/mol. The molecule has 0 spiro atoms. The smallest absolute Gasteiger partial charge is 0.152 e. The van der Waals surface area contributed by atoms with E-state index in [4.69, 9.17) is 11.6 Å². The van der Waals surface area contributed by atoms with Crippen LogP contribution in [0.1, 0.15) is 23.2 Å². The van der Waals surface area contributed by atoms with Gasteiger partial charge in [0.05, 0.1) is 16.8 Å². The maximum absolute atomic E-state index is 11.0. The van der Waals surface area contributed by atoms with Gasteiger partial charge in [-0.1, -0.05) is 17.7 Å². The van der Waals surface area contributed by atoms with Gasteiger partial charge < -0.3 is 10.0 Å². The summed E-state index contributed by atoms with van der Waals surface area (Å²) in [5, 5.41) is 10.2. The molecule has 0 amide bonds. The number of benzene rings is 1. The molecule has 86 valence electrons. The van der Waals surface area contributed by atoms with Crippen molar-refractivity contribution in [3.63, 3.8) is 0 Å². The Morgan fingerprint density at radius 3 is 3.00 bits per heavy atom. The summed E-state index contributed by atoms with van der Waals surface area (Å²) >= 11 is 6.11. The highest BCUT2D eigenvalue weighted by molar-refractivity contribution is 6.33. The van der Waals surface area contributed by atoms with Crippen LogP contribution >= 0.6 is 11.6 Å². The summed E-state index contributed by atoms with van der Waals surface area (Å²) in [5.74, 6) is 0. The second-order valence-electron chi connectivity index (χ2n) is 4.04. The van der Waals surface area contributed by atoms with E-state index in [0.717, 1.165) is 31.4 Å². The summed E-state index contributed by atoms with van der Waals surface area (Å²) in [7, 11) is 0. The Bertz CT molecular complexity index is 395. The Hall–Kier alpha value is -1.06. The van der Waals surface area contributed by atoms with Crippen molar-refractivity contribution in [1.29, 1.82) is 0 Å². The molecule has 0 aliphatic carbocycles. The van der Waals surface area contributed by atoms with E-state index in [1.165, 1.54) is 0 Å². The van der Waals surface area contributed by atoms with E-state index in [2.05, 4.69) is 0 Å². The number of β-amino-alcohol motifs (C(OH)–C–C–N with tert-alkyl or cyclic N) is 1. The zero-order valence-corrected chi connectivity index (χ0v) is 9.65. The zero-order chi connectivity index (χ0) is 11.5. The van der Waals surface area contributed by atoms with Crippen LogP contribution in [0.25, 0.3) is 0 Å². The lowest BCUT2D eigenvalue weighted by molar-refractivity contribution is 0.112. The van der Waals surface area contributed by atoms with Gasteiger partial charge in [0.25, 0.3) is 0 Å². The molecule has 0 radical (unpaired) electrons. The van der Waals surface area contributed by atoms with E-state index in [-0.39, 0.29) is 6.10 Å². The molecule has 1 aliphatic heterocycles. The maximum Gasteiger partial charge on any atom is 0.152 e. The summed E-state index contributed by atoms with van der Waals surface area (Å²) in [5.41, 5.74) is 1.33. The minimum atomic E-state index is -0.329. The van der Waals surface area contributed by atoms with E-state index in [1.54, 1.807) is 18.2 Å². The summed E-state index contributed by atoms with van der Waals surface area (Å²) in [4.78, 5) is 12.9. The number of carbonyl (C=O) groups is 1. The topological polar surface area (TPSA) is 40.5 Å². The highest BCUT2D eigenvalue weighted by Crippen LogP contribution is 2.31. The molecule has 1 saturated heterocycles. The van der Waals surface area contributed by atoms with Crippen LogP contribution in [0.15, 0.2) is 18.2 Å². The number of hydrogen-bond donors (Lipinski definition) is 1. The Labute approximate surface area is 99.6 Å². The molecule has 1 fully saturated rings. The third kappa shape index (κ3) is 2.20. The van der Waals surface area contributed by atoms with Crippen LogP contribution in [-0.4, -0.2) is 30.6 Å². The molecule has 1 aromatic carbocycles. The van der Waals surface area contributed by atoms with E-state index in [1.807, 2.05) is 4.90 Å². The van der Waals surface area contributed by atoms with E-state index >= 15 is 0 Å². The van der Waals surface area contributed by atoms with Crippen LogP contribution in [0.2, 0.25) is 5.02 Å². The lowest BCUT2D eigenvalue weighted by Crippen LogP contribution is -2.38. The minimum absolute atomic E-state index is 0.329. The van der Waals surface area contributed by atoms with Gasteiger partial charge in [0.1, 0.15) is 0 Å². The molecule has 1 N–H and O–H groups in total. The first-order chi connectivity index (χ1) is 7.72. The van der Waals surface area contributed by atoms with Crippen molar-refractivity contribution in [1.82, 2.24) is 0 Å². The molecule has 1 aromatic rings. The molecule has 1 atom stereocenters. The van der Waals surface area contributed by atoms with Crippen LogP contribution in [0, 0.1) is 0 Å². The van der Waals surface area contributed by atoms with Crippen molar-refractivity contribution >= 4 is 23.6 Å². The van der Waals surface area contributed by atoms with Gasteiger partial charge in [-0.05, 0) is 25.0 Å². The lowest BCUT2D eigenvalue weighted by Gasteiger charge is -2.33. The zero-order valence-electron chi connectivity index (χ0n) is 8.90. The van der Waals surface area contributed by atoms with Gasteiger partial charge in [0.15, 0.2) is 6.29 Å². The largest absolute Gasteiger partial charge is 0.391 e. The van der Waals surface area contributed by atoms with Crippen LogP contribution in [0.3, 0.4) is 0 Å². The molecule has 0 saturated carbocycles. The normalized spacial score (nSPS) is 20.9. The quantitative estimate of drug-likeness (QED) is 0.804. The highest BCUT2D eigenvalue weighted by Gasteiger charge is 2.21. The average molecular weight is 240 g/mol. The van der Waals surface area contributed by atoms with Crippen molar-refractivity contribution in [2.75, 3.05) is 18.0 Å². The molecule has 3 nitrogen and oxygen atoms in total. The van der Waals surface area contributed by atoms with Gasteiger partial charge >= 0.3 is 0 Å². The number of aliphatic hydroxyl groups is 1. The predicted octanol–water partition coefficient (Wildman–Crippen LogP) is 2.11. The van der Waals surface area contributed by atoms with Gasteiger partial charge in [-0.25, -0.2) is 0 Å². The van der Waals surface area contributed by atoms with E-state index in [9.17, 15) is 9.90 Å². The Balaban J connectivity index is 2.34. The fraction of sp³-hybridized carbons (Fsp3) is 0.417. The summed E-state index contributed by atoms with van der Waals surface area (Å²) in [6.45, 7) is 1.38. The van der Waals surface area contributed by atoms with Gasteiger partial charge in [-0.3, -0.25) is 4.79 Å². The van der Waals surface area contributed by atoms with Gasteiger partial charge in [0, 0.05) is 18.7 Å². The van der Waals surface area contributed by atoms with Crippen LogP contribution < -0.4 is 4.90 Å². The van der Waals surface area contributed by atoms with Crippen LogP contribution in [0.4, 0.5) is 5.69 Å². The Morgan fingerprint density at radius 1 is 1.50 bits per heavy atom. The summed E-state index contributed by atoms with van der Waals surface area (Å²) < 4.78 is 0. The molecule has 4 heteroatoms. The molecule has 0 aromatic heterocycles. The van der Waals surface area contributed by atoms with E-state index < -0.39 is 0 Å². The number of nitrogens with zero attached hydrogens (tertiary/aromatic N) is 1. The van der Waals surface area contributed by atoms with E-state index in [0.29, 0.717) is 17.1 Å². The SMILES string of the molecule is O=Cc1cccc(Cl)c1N1CCCC(O)C1. The first-order valence-electron chi connectivity index (χ1n) is 5.39. The number of piperidine rings is 1. The summed E-state index contributed by atoms with van der Waals surface area (Å²) in [6.07, 6.45) is 2.22. The molecule has 1 aliphatic rings. The van der Waals surface area contributed by atoms with Crippen molar-refractivity contribution in [3.05, 3.63) is 28.8 Å². The third-order valence-corrected chi connectivity index (χ3v) is 3.16. The van der Waals surface area contributed by atoms with Gasteiger partial charge in [0.2, 0.25) is 0 Å². The van der Waals surface area contributed by atoms with Crippen molar-refractivity contribution in [3.8, 4) is 0 Å². The number of aldehydes is 1. The Morgan fingerprint density at radius 2 is 2.31 bits per heavy atom. The Kier molecular flexibility index (Phi) is 3.46. The number of halogens is 1. The fourth-order valence-electron chi connectivity index (χ4n) is 2.12. The maximum atomic E-state index is 11.0. The molecule has 2 rings (SSSR count). The van der Waals surface area contributed by atoms with Crippen molar-refractivity contribution in [2.45, 2.75) is 18.9 Å². The average Bonchev–Trinajstić information content (AvgIpc) is 2.28. The molecule has 0 bridgehead atoms. The van der Waals surface area contributed by atoms with Crippen LogP contribution in [0.5, 0.6) is 0 Å². The van der Waals surface area contributed by atoms with Crippen LogP contribution in [-0.2, 0) is 0 Å². The lowest BCUT2D eigenvalue weighted by atomic mass is 10.1. The second-order valence-corrected chi connectivity index (χ2v) is 4.44. The first-order valence-corrected chi connectivity index (χ1v) is 5.77. The molecule has 1 unspecified atom stereocenters. The number of anilines is 1. The highest BCUT2D eigenvalue weighted by atomic mass is 35.5. The first kappa shape index (κ1) is 11.4. The predicted molar refractivity (Wildman–Crippen MR) is 64.3 cm³/mol. The standard InChI is InChI=1S/C12H14ClNO2/c13-11-5-1-3-9(8-15)12(11)14-6-2-4-10(16)7-14/h1,3,5,8,10,16H,2,4,6-7H2. The second kappa shape index (κ2) is 4.85. The summed E-state index contributed by atoms with van der Waals surface area (Å²) in [6, 6.07) is 5.27. The number of aliphatic hydroxyl groups excluding tert-OH is 1. The number of hydrogen-bond acceptors (Lipinski definition) is 3. The van der Waals surface area contributed by atoms with Gasteiger partial charge in [-0.15, -0.1) is 0 Å². The molecule has 1 heterocycles. The monoisotopic (exact) mass is 239 g/mol. The number of rotatable bonds is 2. The van der Waals surface area contributed by atoms with Gasteiger partial charge in [-0.2, -0.15) is 0 Å². The third-order valence-electron chi connectivity index (χ3n) is 2.86. The fourth-order valence-corrected chi connectivity index (χ4v) is 2.42. The van der Waals surface area contributed by atoms with Crippen molar-refractivity contribution in [2.24, 2.45) is 0 Å². The number of carbonyl (C=O) groups excluding carboxylic acids is 1. The van der Waals surface area contributed by atoms with Crippen molar-refractivity contribution < 1.29 is 9.90 Å². The minimum Gasteiger partial charge on any atom is -0.391 e. The number of para-hydroxylation sites is 1.